The Morgan fingerprint density at radius 3 is 2.64 bits per heavy atom. The Bertz CT molecular complexity index is 359. The van der Waals surface area contributed by atoms with Gasteiger partial charge in [0.05, 0.1) is 0 Å². The maximum absolute atomic E-state index is 13.1. The summed E-state index contributed by atoms with van der Waals surface area (Å²) < 4.78 is 13.1. The highest BCUT2D eigenvalue weighted by atomic mass is 19.1. The molecule has 76 valence electrons. The lowest BCUT2D eigenvalue weighted by Gasteiger charge is -2.08. The van der Waals surface area contributed by atoms with E-state index in [1.54, 1.807) is 13.0 Å². The lowest BCUT2D eigenvalue weighted by atomic mass is 9.98. The Morgan fingerprint density at radius 2 is 2.07 bits per heavy atom. The van der Waals surface area contributed by atoms with Gasteiger partial charge in [0.25, 0.3) is 0 Å². The highest BCUT2D eigenvalue weighted by Gasteiger charge is 2.08. The predicted molar refractivity (Wildman–Crippen MR) is 51.8 cm³/mol. The third-order valence-corrected chi connectivity index (χ3v) is 2.36. The molecule has 1 aromatic carbocycles. The van der Waals surface area contributed by atoms with E-state index in [0.717, 1.165) is 11.1 Å². The lowest BCUT2D eigenvalue weighted by molar-refractivity contribution is -0.136. The molecule has 0 amide bonds. The number of hydrogen-bond acceptors (Lipinski definition) is 1. The molecular weight excluding hydrogens is 183 g/mol. The van der Waals surface area contributed by atoms with Gasteiger partial charge < -0.3 is 5.11 Å². The van der Waals surface area contributed by atoms with Crippen molar-refractivity contribution in [1.82, 2.24) is 0 Å². The van der Waals surface area contributed by atoms with Gasteiger partial charge in [0.2, 0.25) is 0 Å². The number of benzene rings is 1. The SMILES string of the molecule is Cc1ccc(F)c(C)c1CCC(=O)O. The molecule has 0 bridgehead atoms. The topological polar surface area (TPSA) is 37.3 Å². The number of carboxylic acids is 1. The maximum atomic E-state index is 13.1. The highest BCUT2D eigenvalue weighted by Crippen LogP contribution is 2.18. The van der Waals surface area contributed by atoms with E-state index in [1.807, 2.05) is 6.92 Å². The van der Waals surface area contributed by atoms with Crippen LogP contribution in [-0.2, 0) is 11.2 Å². The first kappa shape index (κ1) is 10.7. The number of halogens is 1. The summed E-state index contributed by atoms with van der Waals surface area (Å²) in [6, 6.07) is 3.09. The fourth-order valence-corrected chi connectivity index (χ4v) is 1.48. The molecule has 1 aromatic rings. The van der Waals surface area contributed by atoms with Crippen LogP contribution in [0.15, 0.2) is 12.1 Å². The summed E-state index contributed by atoms with van der Waals surface area (Å²) in [5.74, 6) is -1.12. The molecule has 0 saturated heterocycles. The van der Waals surface area contributed by atoms with Gasteiger partial charge >= 0.3 is 5.97 Å². The Labute approximate surface area is 82.4 Å². The van der Waals surface area contributed by atoms with Crippen LogP contribution in [-0.4, -0.2) is 11.1 Å². The second-order valence-corrected chi connectivity index (χ2v) is 3.36. The van der Waals surface area contributed by atoms with Gasteiger partial charge in [0.1, 0.15) is 5.82 Å². The Kier molecular flexibility index (Phi) is 3.23. The molecule has 0 aliphatic rings. The van der Waals surface area contributed by atoms with E-state index in [0.29, 0.717) is 12.0 Å². The number of hydrogen-bond donors (Lipinski definition) is 1. The molecule has 0 aliphatic heterocycles. The zero-order chi connectivity index (χ0) is 10.7. The van der Waals surface area contributed by atoms with Gasteiger partial charge in [-0.2, -0.15) is 0 Å². The first-order valence-electron chi connectivity index (χ1n) is 4.48. The van der Waals surface area contributed by atoms with Crippen LogP contribution in [0.1, 0.15) is 23.1 Å². The summed E-state index contributed by atoms with van der Waals surface area (Å²) in [7, 11) is 0. The van der Waals surface area contributed by atoms with Crippen molar-refractivity contribution in [3.63, 3.8) is 0 Å². The molecule has 0 spiro atoms. The van der Waals surface area contributed by atoms with Crippen molar-refractivity contribution >= 4 is 5.97 Å². The van der Waals surface area contributed by atoms with Crippen LogP contribution in [0, 0.1) is 19.7 Å². The Morgan fingerprint density at radius 1 is 1.43 bits per heavy atom. The zero-order valence-corrected chi connectivity index (χ0v) is 8.30. The first-order valence-corrected chi connectivity index (χ1v) is 4.48. The molecule has 0 fully saturated rings. The third kappa shape index (κ3) is 2.31. The van der Waals surface area contributed by atoms with E-state index in [1.165, 1.54) is 6.07 Å². The van der Waals surface area contributed by atoms with Crippen LogP contribution in [0.5, 0.6) is 0 Å². The van der Waals surface area contributed by atoms with Crippen molar-refractivity contribution in [3.8, 4) is 0 Å². The molecule has 0 atom stereocenters. The van der Waals surface area contributed by atoms with Crippen molar-refractivity contribution in [1.29, 1.82) is 0 Å². The second-order valence-electron chi connectivity index (χ2n) is 3.36. The molecule has 14 heavy (non-hydrogen) atoms. The van der Waals surface area contributed by atoms with Crippen LogP contribution in [0.2, 0.25) is 0 Å². The number of carboxylic acid groups (broad SMARTS) is 1. The molecule has 0 saturated carbocycles. The van der Waals surface area contributed by atoms with Crippen molar-refractivity contribution in [2.45, 2.75) is 26.7 Å². The monoisotopic (exact) mass is 196 g/mol. The molecule has 1 N–H and O–H groups in total. The van der Waals surface area contributed by atoms with E-state index >= 15 is 0 Å². The molecule has 0 radical (unpaired) electrons. The third-order valence-electron chi connectivity index (χ3n) is 2.36. The van der Waals surface area contributed by atoms with Crippen LogP contribution in [0.25, 0.3) is 0 Å². The fourth-order valence-electron chi connectivity index (χ4n) is 1.48. The lowest BCUT2D eigenvalue weighted by Crippen LogP contribution is -2.02. The number of rotatable bonds is 3. The van der Waals surface area contributed by atoms with Crippen molar-refractivity contribution in [3.05, 3.63) is 34.6 Å². The van der Waals surface area contributed by atoms with E-state index < -0.39 is 5.97 Å². The number of aliphatic carboxylic acids is 1. The predicted octanol–water partition coefficient (Wildman–Crippen LogP) is 2.46. The molecule has 0 aromatic heterocycles. The van der Waals surface area contributed by atoms with E-state index in [2.05, 4.69) is 0 Å². The van der Waals surface area contributed by atoms with Gasteiger partial charge in [-0.25, -0.2) is 4.39 Å². The van der Waals surface area contributed by atoms with Gasteiger partial charge in [-0.1, -0.05) is 6.07 Å². The van der Waals surface area contributed by atoms with Gasteiger partial charge in [0.15, 0.2) is 0 Å². The second kappa shape index (κ2) is 4.22. The van der Waals surface area contributed by atoms with Gasteiger partial charge in [0, 0.05) is 6.42 Å². The standard InChI is InChI=1S/C11H13FO2/c1-7-3-5-10(12)8(2)9(7)4-6-11(13)14/h3,5H,4,6H2,1-2H3,(H,13,14). The average Bonchev–Trinajstić information content (AvgIpc) is 2.11. The molecule has 3 heteroatoms. The van der Waals surface area contributed by atoms with Gasteiger partial charge in [-0.05, 0) is 43.0 Å². The summed E-state index contributed by atoms with van der Waals surface area (Å²) in [4.78, 5) is 10.4. The highest BCUT2D eigenvalue weighted by molar-refractivity contribution is 5.67. The van der Waals surface area contributed by atoms with Crippen molar-refractivity contribution in [2.24, 2.45) is 0 Å². The normalized spacial score (nSPS) is 10.2. The first-order chi connectivity index (χ1) is 6.52. The molecule has 0 unspecified atom stereocenters. The van der Waals surface area contributed by atoms with Crippen molar-refractivity contribution in [2.75, 3.05) is 0 Å². The summed E-state index contributed by atoms with van der Waals surface area (Å²) >= 11 is 0. The molecule has 1 rings (SSSR count). The van der Waals surface area contributed by atoms with Crippen LogP contribution < -0.4 is 0 Å². The average molecular weight is 196 g/mol. The quantitative estimate of drug-likeness (QED) is 0.806. The number of aryl methyl sites for hydroxylation is 1. The minimum absolute atomic E-state index is 0.0468. The van der Waals surface area contributed by atoms with Crippen LogP contribution in [0.3, 0.4) is 0 Å². The Balaban J connectivity index is 2.95. The summed E-state index contributed by atoms with van der Waals surface area (Å²) in [5, 5.41) is 8.53. The summed E-state index contributed by atoms with van der Waals surface area (Å²) in [5.41, 5.74) is 2.32. The summed E-state index contributed by atoms with van der Waals surface area (Å²) in [6.45, 7) is 3.54. The van der Waals surface area contributed by atoms with Gasteiger partial charge in [-0.3, -0.25) is 4.79 Å². The van der Waals surface area contributed by atoms with Crippen molar-refractivity contribution < 1.29 is 14.3 Å². The van der Waals surface area contributed by atoms with Crippen LogP contribution >= 0.6 is 0 Å². The minimum atomic E-state index is -0.854. The van der Waals surface area contributed by atoms with E-state index in [-0.39, 0.29) is 12.2 Å². The minimum Gasteiger partial charge on any atom is -0.481 e. The molecule has 2 nitrogen and oxygen atoms in total. The summed E-state index contributed by atoms with van der Waals surface area (Å²) in [6.07, 6.45) is 0.440. The molecule has 0 aliphatic carbocycles. The van der Waals surface area contributed by atoms with E-state index in [4.69, 9.17) is 5.11 Å². The van der Waals surface area contributed by atoms with E-state index in [9.17, 15) is 9.18 Å². The molecular formula is C11H13FO2. The number of carbonyl (C=O) groups is 1. The van der Waals surface area contributed by atoms with Gasteiger partial charge in [-0.15, -0.1) is 0 Å². The zero-order valence-electron chi connectivity index (χ0n) is 8.30. The largest absolute Gasteiger partial charge is 0.481 e. The molecule has 0 heterocycles. The Hall–Kier alpha value is -1.38. The maximum Gasteiger partial charge on any atom is 0.303 e. The smallest absolute Gasteiger partial charge is 0.303 e. The van der Waals surface area contributed by atoms with Crippen LogP contribution in [0.4, 0.5) is 4.39 Å². The fraction of sp³-hybridized carbons (Fsp3) is 0.364.